The highest BCUT2D eigenvalue weighted by atomic mass is 15.3. The van der Waals surface area contributed by atoms with Crippen LogP contribution in [0.3, 0.4) is 0 Å². The van der Waals surface area contributed by atoms with Crippen LogP contribution in [0, 0.1) is 17.8 Å². The molecule has 0 amide bonds. The van der Waals surface area contributed by atoms with Crippen molar-refractivity contribution in [2.24, 2.45) is 17.8 Å². The largest absolute Gasteiger partial charge is 0.306 e. The van der Waals surface area contributed by atoms with Gasteiger partial charge in [-0.15, -0.1) is 0 Å². The second-order valence-electron chi connectivity index (χ2n) is 8.19. The monoisotopic (exact) mass is 277 g/mol. The van der Waals surface area contributed by atoms with Gasteiger partial charge in [0.2, 0.25) is 0 Å². The van der Waals surface area contributed by atoms with E-state index < -0.39 is 0 Å². The molecule has 0 aromatic carbocycles. The minimum atomic E-state index is 0.894. The Hall–Kier alpha value is -0.120. The van der Waals surface area contributed by atoms with E-state index in [9.17, 15) is 0 Å². The lowest BCUT2D eigenvalue weighted by atomic mass is 9.95. The van der Waals surface area contributed by atoms with Gasteiger partial charge < -0.3 is 4.90 Å². The van der Waals surface area contributed by atoms with Gasteiger partial charge in [-0.1, -0.05) is 6.92 Å². The first-order chi connectivity index (χ1) is 9.69. The molecule has 2 atom stereocenters. The fourth-order valence-electron chi connectivity index (χ4n) is 5.21. The van der Waals surface area contributed by atoms with Gasteiger partial charge in [-0.05, 0) is 63.6 Å². The summed E-state index contributed by atoms with van der Waals surface area (Å²) in [5, 5.41) is 0. The third-order valence-corrected chi connectivity index (χ3v) is 6.65. The summed E-state index contributed by atoms with van der Waals surface area (Å²) in [5.41, 5.74) is 0. The van der Waals surface area contributed by atoms with Gasteiger partial charge >= 0.3 is 0 Å². The van der Waals surface area contributed by atoms with Crippen LogP contribution in [0.1, 0.15) is 32.6 Å². The molecule has 1 aliphatic carbocycles. The van der Waals surface area contributed by atoms with E-state index in [1.54, 1.807) is 0 Å². The predicted molar refractivity (Wildman–Crippen MR) is 82.8 cm³/mol. The molecular weight excluding hydrogens is 246 g/mol. The second-order valence-corrected chi connectivity index (χ2v) is 8.19. The Bertz CT molecular complexity index is 330. The maximum Gasteiger partial charge on any atom is 0.0350 e. The molecule has 3 aliphatic heterocycles. The number of hydrogen-bond donors (Lipinski definition) is 0. The molecule has 20 heavy (non-hydrogen) atoms. The number of rotatable bonds is 2. The lowest BCUT2D eigenvalue weighted by Gasteiger charge is -2.50. The Kier molecular flexibility index (Phi) is 3.56. The molecule has 4 fully saturated rings. The van der Waals surface area contributed by atoms with Crippen LogP contribution in [-0.2, 0) is 0 Å². The molecular formula is C17H31N3. The first-order valence-corrected chi connectivity index (χ1v) is 8.85. The quantitative estimate of drug-likeness (QED) is 0.761. The van der Waals surface area contributed by atoms with Gasteiger partial charge in [-0.2, -0.15) is 0 Å². The molecule has 0 aromatic heterocycles. The van der Waals surface area contributed by atoms with Crippen LogP contribution in [0.4, 0.5) is 0 Å². The zero-order chi connectivity index (χ0) is 13.7. The third-order valence-electron chi connectivity index (χ3n) is 6.65. The average molecular weight is 277 g/mol. The maximum absolute atomic E-state index is 2.81. The van der Waals surface area contributed by atoms with E-state index in [4.69, 9.17) is 0 Å². The molecule has 3 nitrogen and oxygen atoms in total. The first-order valence-electron chi connectivity index (χ1n) is 8.85. The average Bonchev–Trinajstić information content (AvgIpc) is 2.87. The highest BCUT2D eigenvalue weighted by Crippen LogP contribution is 2.41. The van der Waals surface area contributed by atoms with Gasteiger partial charge in [0.1, 0.15) is 0 Å². The summed E-state index contributed by atoms with van der Waals surface area (Å²) in [7, 11) is 2.30. The Labute approximate surface area is 124 Å². The van der Waals surface area contributed by atoms with Crippen LogP contribution in [0.5, 0.6) is 0 Å². The Morgan fingerprint density at radius 2 is 1.35 bits per heavy atom. The summed E-state index contributed by atoms with van der Waals surface area (Å²) >= 11 is 0. The van der Waals surface area contributed by atoms with Crippen LogP contribution in [0.2, 0.25) is 0 Å². The topological polar surface area (TPSA) is 9.72 Å². The van der Waals surface area contributed by atoms with Crippen LogP contribution in [0.15, 0.2) is 0 Å². The molecule has 114 valence electrons. The Balaban J connectivity index is 1.24. The van der Waals surface area contributed by atoms with Gasteiger partial charge in [0.15, 0.2) is 0 Å². The fraction of sp³-hybridized carbons (Fsp3) is 1.00. The highest BCUT2D eigenvalue weighted by Gasteiger charge is 2.45. The molecule has 0 spiro atoms. The molecule has 2 unspecified atom stereocenters. The normalized spacial score (nSPS) is 42.0. The SMILES string of the molecule is CC1CCN(C2CN(C3CC4CN(C)CC4C3)C2)CC1. The zero-order valence-electron chi connectivity index (χ0n) is 13.3. The molecule has 3 heterocycles. The van der Waals surface area contributed by atoms with Crippen molar-refractivity contribution in [3.05, 3.63) is 0 Å². The van der Waals surface area contributed by atoms with Crippen LogP contribution < -0.4 is 0 Å². The number of piperidine rings is 1. The van der Waals surface area contributed by atoms with E-state index in [2.05, 4.69) is 28.7 Å². The third kappa shape index (κ3) is 2.42. The van der Waals surface area contributed by atoms with Crippen LogP contribution >= 0.6 is 0 Å². The van der Waals surface area contributed by atoms with Crippen molar-refractivity contribution in [1.29, 1.82) is 0 Å². The van der Waals surface area contributed by atoms with Gasteiger partial charge in [0, 0.05) is 38.3 Å². The Morgan fingerprint density at radius 1 is 0.750 bits per heavy atom. The van der Waals surface area contributed by atoms with Crippen molar-refractivity contribution < 1.29 is 0 Å². The lowest BCUT2D eigenvalue weighted by Crippen LogP contribution is -2.62. The first kappa shape index (κ1) is 13.5. The summed E-state index contributed by atoms with van der Waals surface area (Å²) in [5.74, 6) is 2.99. The van der Waals surface area contributed by atoms with Crippen molar-refractivity contribution in [3.8, 4) is 0 Å². The molecule has 0 bridgehead atoms. The van der Waals surface area contributed by atoms with E-state index >= 15 is 0 Å². The van der Waals surface area contributed by atoms with E-state index in [1.165, 1.54) is 65.0 Å². The van der Waals surface area contributed by atoms with Crippen LogP contribution in [-0.4, -0.2) is 73.1 Å². The van der Waals surface area contributed by atoms with Crippen molar-refractivity contribution in [3.63, 3.8) is 0 Å². The minimum Gasteiger partial charge on any atom is -0.306 e. The molecule has 0 radical (unpaired) electrons. The molecule has 4 aliphatic rings. The number of hydrogen-bond acceptors (Lipinski definition) is 3. The Morgan fingerprint density at radius 3 is 1.95 bits per heavy atom. The molecule has 0 aromatic rings. The van der Waals surface area contributed by atoms with Crippen molar-refractivity contribution >= 4 is 0 Å². The van der Waals surface area contributed by atoms with E-state index in [0.717, 1.165) is 29.8 Å². The summed E-state index contributed by atoms with van der Waals surface area (Å²) < 4.78 is 0. The van der Waals surface area contributed by atoms with Gasteiger partial charge in [-0.25, -0.2) is 0 Å². The molecule has 1 saturated carbocycles. The summed E-state index contributed by atoms with van der Waals surface area (Å²) in [6.07, 6.45) is 5.82. The molecule has 0 N–H and O–H groups in total. The summed E-state index contributed by atoms with van der Waals surface area (Å²) in [6.45, 7) is 10.6. The zero-order valence-corrected chi connectivity index (χ0v) is 13.3. The van der Waals surface area contributed by atoms with Crippen molar-refractivity contribution in [2.75, 3.05) is 46.3 Å². The number of fused-ring (bicyclic) bond motifs is 1. The second kappa shape index (κ2) is 5.26. The molecule has 3 saturated heterocycles. The fourth-order valence-corrected chi connectivity index (χ4v) is 5.21. The molecule has 4 rings (SSSR count). The smallest absolute Gasteiger partial charge is 0.0350 e. The number of likely N-dealkylation sites (tertiary alicyclic amines) is 3. The number of nitrogens with zero attached hydrogens (tertiary/aromatic N) is 3. The van der Waals surface area contributed by atoms with Gasteiger partial charge in [0.25, 0.3) is 0 Å². The van der Waals surface area contributed by atoms with Crippen molar-refractivity contribution in [2.45, 2.75) is 44.7 Å². The van der Waals surface area contributed by atoms with Crippen molar-refractivity contribution in [1.82, 2.24) is 14.7 Å². The highest BCUT2D eigenvalue weighted by molar-refractivity contribution is 5.00. The summed E-state index contributed by atoms with van der Waals surface area (Å²) in [6, 6.07) is 1.82. The van der Waals surface area contributed by atoms with Gasteiger partial charge in [-0.3, -0.25) is 9.80 Å². The van der Waals surface area contributed by atoms with Crippen LogP contribution in [0.25, 0.3) is 0 Å². The minimum absolute atomic E-state index is 0.894. The van der Waals surface area contributed by atoms with E-state index in [0.29, 0.717) is 0 Å². The standard InChI is InChI=1S/C17H31N3/c1-13-3-5-19(6-4-13)17-11-20(12-17)16-7-14-9-18(2)10-15(14)8-16/h13-17H,3-12H2,1-2H3. The van der Waals surface area contributed by atoms with E-state index in [-0.39, 0.29) is 0 Å². The lowest BCUT2D eigenvalue weighted by molar-refractivity contribution is -0.00963. The van der Waals surface area contributed by atoms with Gasteiger partial charge in [0.05, 0.1) is 0 Å². The maximum atomic E-state index is 2.81. The van der Waals surface area contributed by atoms with E-state index in [1.807, 2.05) is 0 Å². The summed E-state index contributed by atoms with van der Waals surface area (Å²) in [4.78, 5) is 8.13. The molecule has 3 heteroatoms. The predicted octanol–water partition coefficient (Wildman–Crippen LogP) is 1.74.